The Bertz CT molecular complexity index is 547. The second-order valence-corrected chi connectivity index (χ2v) is 7.23. The molecule has 0 aliphatic carbocycles. The van der Waals surface area contributed by atoms with Gasteiger partial charge in [0.1, 0.15) is 5.75 Å². The lowest BCUT2D eigenvalue weighted by atomic mass is 10.1. The van der Waals surface area contributed by atoms with Crippen LogP contribution in [-0.2, 0) is 0 Å². The molecular formula is C13H17N3OS3. The van der Waals surface area contributed by atoms with Crippen LogP contribution in [0.2, 0.25) is 0 Å². The number of thioether (sulfide) groups is 2. The van der Waals surface area contributed by atoms with E-state index in [1.807, 2.05) is 31.5 Å². The van der Waals surface area contributed by atoms with E-state index in [4.69, 9.17) is 4.74 Å². The molecule has 1 heterocycles. The van der Waals surface area contributed by atoms with Crippen LogP contribution in [0.25, 0.3) is 0 Å². The largest absolute Gasteiger partial charge is 0.496 e. The van der Waals surface area contributed by atoms with Crippen LogP contribution < -0.4 is 10.1 Å². The number of nitrogens with one attached hydrogen (secondary N) is 1. The first-order valence-electron chi connectivity index (χ1n) is 6.09. The van der Waals surface area contributed by atoms with Gasteiger partial charge in [0.15, 0.2) is 8.68 Å². The van der Waals surface area contributed by atoms with Crippen LogP contribution in [0.1, 0.15) is 11.6 Å². The minimum absolute atomic E-state index is 0.220. The molecule has 0 aliphatic heterocycles. The average Bonchev–Trinajstić information content (AvgIpc) is 2.96. The Kier molecular flexibility index (Phi) is 6.15. The van der Waals surface area contributed by atoms with E-state index >= 15 is 0 Å². The van der Waals surface area contributed by atoms with Crippen molar-refractivity contribution >= 4 is 34.9 Å². The van der Waals surface area contributed by atoms with Gasteiger partial charge in [-0.3, -0.25) is 0 Å². The smallest absolute Gasteiger partial charge is 0.175 e. The highest BCUT2D eigenvalue weighted by Gasteiger charge is 2.15. The van der Waals surface area contributed by atoms with E-state index in [1.54, 1.807) is 42.0 Å². The fraction of sp³-hybridized carbons (Fsp3) is 0.385. The van der Waals surface area contributed by atoms with Crippen molar-refractivity contribution in [1.29, 1.82) is 0 Å². The highest BCUT2D eigenvalue weighted by Crippen LogP contribution is 2.32. The van der Waals surface area contributed by atoms with Crippen LogP contribution in [0.4, 0.5) is 0 Å². The van der Waals surface area contributed by atoms with E-state index in [9.17, 15) is 0 Å². The summed E-state index contributed by atoms with van der Waals surface area (Å²) in [5.74, 6) is 1.80. The maximum Gasteiger partial charge on any atom is 0.175 e. The summed E-state index contributed by atoms with van der Waals surface area (Å²) in [6.45, 7) is 0. The van der Waals surface area contributed by atoms with Crippen molar-refractivity contribution in [2.24, 2.45) is 0 Å². The van der Waals surface area contributed by atoms with Crippen LogP contribution >= 0.6 is 34.9 Å². The zero-order valence-electron chi connectivity index (χ0n) is 11.6. The average molecular weight is 328 g/mol. The topological polar surface area (TPSA) is 47.0 Å². The zero-order chi connectivity index (χ0) is 14.4. The highest BCUT2D eigenvalue weighted by molar-refractivity contribution is 8.02. The second-order valence-electron chi connectivity index (χ2n) is 3.93. The van der Waals surface area contributed by atoms with Crippen molar-refractivity contribution in [3.05, 3.63) is 29.8 Å². The number of hydrogen-bond donors (Lipinski definition) is 1. The Morgan fingerprint density at radius 1 is 1.30 bits per heavy atom. The molecule has 1 aromatic carbocycles. The molecule has 2 rings (SSSR count). The molecule has 2 aromatic rings. The lowest BCUT2D eigenvalue weighted by Crippen LogP contribution is -2.19. The van der Waals surface area contributed by atoms with Crippen molar-refractivity contribution < 1.29 is 4.74 Å². The van der Waals surface area contributed by atoms with Crippen LogP contribution in [-0.4, -0.2) is 36.4 Å². The van der Waals surface area contributed by atoms with Crippen LogP contribution in [0.15, 0.2) is 32.9 Å². The van der Waals surface area contributed by atoms with Gasteiger partial charge in [0.2, 0.25) is 0 Å². The van der Waals surface area contributed by atoms with Gasteiger partial charge in [-0.2, -0.15) is 0 Å². The fourth-order valence-corrected chi connectivity index (χ4v) is 4.37. The minimum Gasteiger partial charge on any atom is -0.496 e. The molecule has 7 heteroatoms. The van der Waals surface area contributed by atoms with Gasteiger partial charge >= 0.3 is 0 Å². The van der Waals surface area contributed by atoms with Crippen LogP contribution in [0, 0.1) is 0 Å². The molecule has 0 fully saturated rings. The molecule has 0 saturated heterocycles. The number of para-hydroxylation sites is 1. The summed E-state index contributed by atoms with van der Waals surface area (Å²) in [5.41, 5.74) is 1.17. The monoisotopic (exact) mass is 327 g/mol. The molecule has 108 valence electrons. The van der Waals surface area contributed by atoms with Crippen molar-refractivity contribution in [3.63, 3.8) is 0 Å². The molecule has 1 unspecified atom stereocenters. The third-order valence-electron chi connectivity index (χ3n) is 2.80. The quantitative estimate of drug-likeness (QED) is 0.787. The van der Waals surface area contributed by atoms with Gasteiger partial charge in [-0.1, -0.05) is 53.1 Å². The van der Waals surface area contributed by atoms with Crippen molar-refractivity contribution in [3.8, 4) is 5.75 Å². The van der Waals surface area contributed by atoms with Gasteiger partial charge < -0.3 is 10.1 Å². The Labute approximate surface area is 131 Å². The number of nitrogens with zero attached hydrogens (tertiary/aromatic N) is 2. The summed E-state index contributed by atoms with van der Waals surface area (Å²) in [6, 6.07) is 8.31. The summed E-state index contributed by atoms with van der Waals surface area (Å²) in [7, 11) is 3.67. The molecule has 20 heavy (non-hydrogen) atoms. The number of aromatic nitrogens is 2. The maximum absolute atomic E-state index is 5.42. The fourth-order valence-electron chi connectivity index (χ4n) is 1.78. The highest BCUT2D eigenvalue weighted by atomic mass is 32.2. The molecule has 0 radical (unpaired) electrons. The van der Waals surface area contributed by atoms with Crippen LogP contribution in [0.5, 0.6) is 5.75 Å². The third-order valence-corrected chi connectivity index (χ3v) is 5.92. The molecule has 1 aromatic heterocycles. The Morgan fingerprint density at radius 3 is 2.70 bits per heavy atom. The van der Waals surface area contributed by atoms with E-state index in [-0.39, 0.29) is 6.04 Å². The number of methoxy groups -OCH3 is 1. The standard InChI is InChI=1S/C13H17N3OS3/c1-14-10(9-6-4-5-7-11(9)17-2)8-19-13-16-15-12(18-3)20-13/h4-7,10,14H,8H2,1-3H3. The molecule has 0 bridgehead atoms. The molecule has 0 saturated carbocycles. The van der Waals surface area contributed by atoms with Gasteiger partial charge in [-0.05, 0) is 19.4 Å². The van der Waals surface area contributed by atoms with Gasteiger partial charge in [0, 0.05) is 17.4 Å². The number of hydrogen-bond acceptors (Lipinski definition) is 7. The second kappa shape index (κ2) is 7.87. The van der Waals surface area contributed by atoms with Gasteiger partial charge in [-0.25, -0.2) is 0 Å². The molecular weight excluding hydrogens is 310 g/mol. The van der Waals surface area contributed by atoms with Crippen molar-refractivity contribution in [1.82, 2.24) is 15.5 Å². The molecule has 1 atom stereocenters. The maximum atomic E-state index is 5.42. The summed E-state index contributed by atoms with van der Waals surface area (Å²) in [6.07, 6.45) is 2.01. The predicted molar refractivity (Wildman–Crippen MR) is 87.2 cm³/mol. The van der Waals surface area contributed by atoms with Gasteiger partial charge in [0.05, 0.1) is 7.11 Å². The molecule has 0 spiro atoms. The minimum atomic E-state index is 0.220. The lowest BCUT2D eigenvalue weighted by molar-refractivity contribution is 0.404. The van der Waals surface area contributed by atoms with Gasteiger partial charge in [0.25, 0.3) is 0 Å². The normalized spacial score (nSPS) is 12.3. The Morgan fingerprint density at radius 2 is 2.05 bits per heavy atom. The SMILES string of the molecule is CNC(CSc1nnc(SC)s1)c1ccccc1OC. The summed E-state index contributed by atoms with van der Waals surface area (Å²) in [5, 5.41) is 11.6. The lowest BCUT2D eigenvalue weighted by Gasteiger charge is -2.18. The van der Waals surface area contributed by atoms with E-state index in [2.05, 4.69) is 21.6 Å². The van der Waals surface area contributed by atoms with E-state index < -0.39 is 0 Å². The van der Waals surface area contributed by atoms with Crippen molar-refractivity contribution in [2.45, 2.75) is 14.7 Å². The Balaban J connectivity index is 2.05. The Hall–Kier alpha value is -0.760. The summed E-state index contributed by atoms with van der Waals surface area (Å²) >= 11 is 4.98. The van der Waals surface area contributed by atoms with E-state index in [0.29, 0.717) is 0 Å². The van der Waals surface area contributed by atoms with E-state index in [1.165, 1.54) is 5.56 Å². The first kappa shape index (κ1) is 15.6. The van der Waals surface area contributed by atoms with Gasteiger partial charge in [-0.15, -0.1) is 10.2 Å². The number of benzene rings is 1. The summed E-state index contributed by atoms with van der Waals surface area (Å²) < 4.78 is 7.43. The predicted octanol–water partition coefficient (Wildman–Crippen LogP) is 3.32. The number of rotatable bonds is 7. The zero-order valence-corrected chi connectivity index (χ0v) is 14.1. The molecule has 4 nitrogen and oxygen atoms in total. The van der Waals surface area contributed by atoms with E-state index in [0.717, 1.165) is 20.2 Å². The van der Waals surface area contributed by atoms with Crippen molar-refractivity contribution in [2.75, 3.05) is 26.2 Å². The third kappa shape index (κ3) is 3.88. The number of ether oxygens (including phenoxy) is 1. The van der Waals surface area contributed by atoms with Crippen LogP contribution in [0.3, 0.4) is 0 Å². The summed E-state index contributed by atoms with van der Waals surface area (Å²) in [4.78, 5) is 0. The molecule has 1 N–H and O–H groups in total. The molecule has 0 amide bonds. The first-order chi connectivity index (χ1) is 9.78. The molecule has 0 aliphatic rings. The first-order valence-corrected chi connectivity index (χ1v) is 9.11.